The summed E-state index contributed by atoms with van der Waals surface area (Å²) in [6, 6.07) is 21.4. The second-order valence-corrected chi connectivity index (χ2v) is 11.4. The zero-order valence-corrected chi connectivity index (χ0v) is 25.5. The van der Waals surface area contributed by atoms with E-state index in [0.29, 0.717) is 29.2 Å². The Balaban J connectivity index is 1.63. The summed E-state index contributed by atoms with van der Waals surface area (Å²) < 4.78 is 5.53. The van der Waals surface area contributed by atoms with Crippen LogP contribution in [0.2, 0.25) is 0 Å². The topological polar surface area (TPSA) is 107 Å². The first kappa shape index (κ1) is 30.2. The lowest BCUT2D eigenvalue weighted by Crippen LogP contribution is -2.31. The van der Waals surface area contributed by atoms with Crippen LogP contribution in [0.1, 0.15) is 68.1 Å². The van der Waals surface area contributed by atoms with Crippen LogP contribution in [0, 0.1) is 18.3 Å². The van der Waals surface area contributed by atoms with Crippen LogP contribution < -0.4 is 31.1 Å². The number of hydrogen-bond donors (Lipinski definition) is 3. The molecule has 42 heavy (non-hydrogen) atoms. The average molecular weight is 565 g/mol. The summed E-state index contributed by atoms with van der Waals surface area (Å²) in [7, 11) is 1.50. The minimum Gasteiger partial charge on any atom is -0.493 e. The molecule has 0 unspecified atom stereocenters. The molecule has 0 aliphatic carbocycles. The lowest BCUT2D eigenvalue weighted by molar-refractivity contribution is 0.102. The Bertz CT molecular complexity index is 1580. The Morgan fingerprint density at radius 2 is 1.88 bits per heavy atom. The smallest absolute Gasteiger partial charge is 0.255 e. The largest absolute Gasteiger partial charge is 0.493 e. The number of benzene rings is 3. The van der Waals surface area contributed by atoms with E-state index in [0.717, 1.165) is 45.9 Å². The fourth-order valence-electron chi connectivity index (χ4n) is 5.03. The molecule has 4 rings (SSSR count). The molecule has 1 heterocycles. The van der Waals surface area contributed by atoms with E-state index in [-0.39, 0.29) is 11.3 Å². The molecule has 0 aromatic heterocycles. The Morgan fingerprint density at radius 3 is 2.50 bits per heavy atom. The highest BCUT2D eigenvalue weighted by Gasteiger charge is 2.23. The van der Waals surface area contributed by atoms with E-state index >= 15 is 0 Å². The molecule has 0 spiro atoms. The summed E-state index contributed by atoms with van der Waals surface area (Å²) in [5.41, 5.74) is 7.96. The van der Waals surface area contributed by atoms with Crippen LogP contribution in [0.25, 0.3) is 0 Å². The number of para-hydroxylation sites is 1. The highest BCUT2D eigenvalue weighted by molar-refractivity contribution is 6.06. The molecular formula is C34H40N6O2. The number of ether oxygens (including phenoxy) is 1. The van der Waals surface area contributed by atoms with Gasteiger partial charge in [0.1, 0.15) is 6.07 Å². The lowest BCUT2D eigenvalue weighted by Gasteiger charge is -2.24. The van der Waals surface area contributed by atoms with Crippen LogP contribution in [0.5, 0.6) is 5.75 Å². The van der Waals surface area contributed by atoms with Crippen molar-refractivity contribution in [2.75, 3.05) is 29.0 Å². The van der Waals surface area contributed by atoms with Gasteiger partial charge in [-0.3, -0.25) is 9.80 Å². The summed E-state index contributed by atoms with van der Waals surface area (Å²) in [4.78, 5) is 15.6. The lowest BCUT2D eigenvalue weighted by atomic mass is 9.85. The standard InChI is InChI=1S/C34H40N6O2/c1-8-30(40(36)27-12-10-9-11-13-27)23(3)29-20-39(21-37-29)31-17-24(15-14-22(31)2)33(41)38-28-18-26(34(4,5)6)16-25(19-35)32(28)42-7/h9-18,20,37H,8,21,36H2,1-7H3,(H,38,41)/b30-23+. The van der Waals surface area contributed by atoms with Gasteiger partial charge in [0, 0.05) is 23.1 Å². The molecule has 1 amide bonds. The van der Waals surface area contributed by atoms with E-state index in [1.54, 1.807) is 11.1 Å². The van der Waals surface area contributed by atoms with Gasteiger partial charge in [-0.25, -0.2) is 5.84 Å². The van der Waals surface area contributed by atoms with Crippen molar-refractivity contribution < 1.29 is 9.53 Å². The van der Waals surface area contributed by atoms with Gasteiger partial charge in [-0.05, 0) is 78.8 Å². The number of nitrogens with zero attached hydrogens (tertiary/aromatic N) is 3. The zero-order chi connectivity index (χ0) is 30.6. The van der Waals surface area contributed by atoms with Crippen molar-refractivity contribution in [3.8, 4) is 11.8 Å². The van der Waals surface area contributed by atoms with Crippen molar-refractivity contribution in [1.29, 1.82) is 5.26 Å². The van der Waals surface area contributed by atoms with Crippen molar-refractivity contribution in [3.63, 3.8) is 0 Å². The third-order valence-electron chi connectivity index (χ3n) is 7.53. The van der Waals surface area contributed by atoms with Gasteiger partial charge in [-0.2, -0.15) is 5.26 Å². The van der Waals surface area contributed by atoms with E-state index in [9.17, 15) is 10.1 Å². The first-order valence-electron chi connectivity index (χ1n) is 14.0. The molecule has 0 saturated carbocycles. The normalized spacial score (nSPS) is 13.5. The number of carbonyl (C=O) groups is 1. The summed E-state index contributed by atoms with van der Waals surface area (Å²) in [6.45, 7) is 12.9. The zero-order valence-electron chi connectivity index (χ0n) is 25.5. The molecule has 0 radical (unpaired) electrons. The van der Waals surface area contributed by atoms with E-state index in [4.69, 9.17) is 10.6 Å². The van der Waals surface area contributed by atoms with Gasteiger partial charge in [0.15, 0.2) is 5.75 Å². The number of nitrogens with two attached hydrogens (primary N) is 1. The number of carbonyl (C=O) groups excluding carboxylic acids is 1. The highest BCUT2D eigenvalue weighted by atomic mass is 16.5. The van der Waals surface area contributed by atoms with E-state index in [1.165, 1.54) is 7.11 Å². The minimum atomic E-state index is -0.285. The molecular weight excluding hydrogens is 524 g/mol. The van der Waals surface area contributed by atoms with Gasteiger partial charge in [-0.15, -0.1) is 0 Å². The predicted molar refractivity (Wildman–Crippen MR) is 170 cm³/mol. The van der Waals surface area contributed by atoms with E-state index in [2.05, 4.69) is 62.4 Å². The third kappa shape index (κ3) is 6.27. The number of rotatable bonds is 8. The van der Waals surface area contributed by atoms with Crippen molar-refractivity contribution in [2.45, 2.75) is 53.4 Å². The monoisotopic (exact) mass is 564 g/mol. The van der Waals surface area contributed by atoms with E-state index < -0.39 is 0 Å². The van der Waals surface area contributed by atoms with Crippen LogP contribution in [0.3, 0.4) is 0 Å². The Morgan fingerprint density at radius 1 is 1.17 bits per heavy atom. The number of hydrazine groups is 1. The fraction of sp³-hybridized carbons (Fsp3) is 0.294. The van der Waals surface area contributed by atoms with Crippen LogP contribution in [0.15, 0.2) is 83.8 Å². The molecule has 4 N–H and O–H groups in total. The predicted octanol–water partition coefficient (Wildman–Crippen LogP) is 6.70. The minimum absolute atomic E-state index is 0.215. The number of amides is 1. The first-order chi connectivity index (χ1) is 20.0. The summed E-state index contributed by atoms with van der Waals surface area (Å²) in [6.07, 6.45) is 2.82. The summed E-state index contributed by atoms with van der Waals surface area (Å²) in [5, 5.41) is 17.9. The number of anilines is 3. The van der Waals surface area contributed by atoms with Crippen LogP contribution in [-0.2, 0) is 5.41 Å². The second kappa shape index (κ2) is 12.4. The van der Waals surface area contributed by atoms with Gasteiger partial charge in [0.2, 0.25) is 0 Å². The summed E-state index contributed by atoms with van der Waals surface area (Å²) >= 11 is 0. The van der Waals surface area contributed by atoms with Gasteiger partial charge in [0.25, 0.3) is 5.91 Å². The maximum absolute atomic E-state index is 13.5. The summed E-state index contributed by atoms with van der Waals surface area (Å²) in [5.74, 6) is 6.57. The number of hydrogen-bond acceptors (Lipinski definition) is 7. The number of nitrogens with one attached hydrogen (secondary N) is 2. The van der Waals surface area contributed by atoms with Crippen molar-refractivity contribution in [2.24, 2.45) is 5.84 Å². The molecule has 0 bridgehead atoms. The Hall–Kier alpha value is -4.74. The van der Waals surface area contributed by atoms with Crippen molar-refractivity contribution in [1.82, 2.24) is 5.32 Å². The molecule has 0 fully saturated rings. The highest BCUT2D eigenvalue weighted by Crippen LogP contribution is 2.36. The van der Waals surface area contributed by atoms with Gasteiger partial charge >= 0.3 is 0 Å². The molecule has 3 aromatic rings. The SMILES string of the molecule is CC/C(=C(/C)C1=CN(c2cc(C(=O)Nc3cc(C(C)(C)C)cc(C#N)c3OC)ccc2C)CN1)N(N)c1ccccc1. The Labute approximate surface area is 249 Å². The van der Waals surface area contributed by atoms with Gasteiger partial charge in [0.05, 0.1) is 36.4 Å². The van der Waals surface area contributed by atoms with Crippen LogP contribution in [-0.4, -0.2) is 19.7 Å². The molecule has 218 valence electrons. The van der Waals surface area contributed by atoms with Gasteiger partial charge < -0.3 is 20.3 Å². The number of allylic oxidation sites excluding steroid dienone is 2. The Kier molecular flexibility index (Phi) is 8.93. The number of nitriles is 1. The van der Waals surface area contributed by atoms with Crippen molar-refractivity contribution in [3.05, 3.63) is 106 Å². The van der Waals surface area contributed by atoms with Crippen molar-refractivity contribution >= 4 is 23.0 Å². The second-order valence-electron chi connectivity index (χ2n) is 11.4. The molecule has 1 aliphatic heterocycles. The van der Waals surface area contributed by atoms with E-state index in [1.807, 2.05) is 61.5 Å². The van der Waals surface area contributed by atoms with Crippen LogP contribution >= 0.6 is 0 Å². The van der Waals surface area contributed by atoms with Crippen LogP contribution in [0.4, 0.5) is 17.1 Å². The maximum atomic E-state index is 13.5. The molecule has 0 saturated heterocycles. The van der Waals surface area contributed by atoms with Gasteiger partial charge in [-0.1, -0.05) is 52.0 Å². The molecule has 3 aromatic carbocycles. The third-order valence-corrected chi connectivity index (χ3v) is 7.53. The molecule has 8 nitrogen and oxygen atoms in total. The number of aryl methyl sites for hydroxylation is 1. The first-order valence-corrected chi connectivity index (χ1v) is 14.0. The molecule has 1 aliphatic rings. The number of methoxy groups -OCH3 is 1. The molecule has 0 atom stereocenters. The average Bonchev–Trinajstić information content (AvgIpc) is 3.47. The fourth-order valence-corrected chi connectivity index (χ4v) is 5.03. The molecule has 8 heteroatoms. The quantitative estimate of drug-likeness (QED) is 0.206. The maximum Gasteiger partial charge on any atom is 0.255 e.